The number of nitrogen functional groups attached to an aromatic ring is 1. The van der Waals surface area contributed by atoms with Crippen LogP contribution in [0, 0.1) is 18.3 Å². The average Bonchev–Trinajstić information content (AvgIpc) is 3.84. The van der Waals surface area contributed by atoms with Gasteiger partial charge >= 0.3 is 11.9 Å². The molecule has 1 aliphatic heterocycles. The monoisotopic (exact) mass is 612 g/mol. The van der Waals surface area contributed by atoms with Gasteiger partial charge in [-0.1, -0.05) is 5.92 Å². The highest BCUT2D eigenvalue weighted by Crippen LogP contribution is 2.40. The molecular weight excluding hydrogens is 577 g/mol. The van der Waals surface area contributed by atoms with E-state index in [0.717, 1.165) is 25.0 Å². The number of hydrogen-bond acceptors (Lipinski definition) is 8. The number of fused-ring (bicyclic) bond motifs is 1. The number of aliphatic hydroxyl groups is 1. The molecule has 1 saturated carbocycles. The van der Waals surface area contributed by atoms with Gasteiger partial charge < -0.3 is 25.8 Å². The number of alkyl halides is 3. The molecule has 2 aliphatic rings. The van der Waals surface area contributed by atoms with Crippen molar-refractivity contribution in [1.82, 2.24) is 19.4 Å². The number of hydrogen-bond donors (Lipinski definition) is 3. The fraction of sp³-hybridized carbons (Fsp3) is 0.484. The Kier molecular flexibility index (Phi) is 8.35. The van der Waals surface area contributed by atoms with E-state index in [0.29, 0.717) is 42.5 Å². The van der Waals surface area contributed by atoms with E-state index in [1.807, 2.05) is 4.90 Å². The first-order valence-electron chi connectivity index (χ1n) is 14.4. The van der Waals surface area contributed by atoms with Gasteiger partial charge in [0, 0.05) is 43.2 Å². The summed E-state index contributed by atoms with van der Waals surface area (Å²) in [6, 6.07) is 3.23. The number of nitrogens with one attached hydrogen (secondary N) is 1. The van der Waals surface area contributed by atoms with Crippen molar-refractivity contribution in [2.45, 2.75) is 70.0 Å². The van der Waals surface area contributed by atoms with Crippen molar-refractivity contribution in [2.75, 3.05) is 31.2 Å². The topological polar surface area (TPSA) is 136 Å². The van der Waals surface area contributed by atoms with Gasteiger partial charge in [0.25, 0.3) is 0 Å². The molecule has 10 nitrogen and oxygen atoms in total. The predicted molar refractivity (Wildman–Crippen MR) is 158 cm³/mol. The highest BCUT2D eigenvalue weighted by Gasteiger charge is 2.42. The number of carbonyl (C=O) groups excluding carboxylic acids is 1. The molecule has 1 saturated heterocycles. The van der Waals surface area contributed by atoms with Crippen LogP contribution in [0.1, 0.15) is 74.1 Å². The molecule has 2 aromatic heterocycles. The SMILES string of the molecule is C#C[C@@H](Nc1nc(=O)n(C(C)C)c2c(CO)nc(C3(OC)CCN(C(=O)C4CC4)CC3)cc12)c1cc(N)cc(C(F)(F)F)c1. The zero-order valence-corrected chi connectivity index (χ0v) is 24.7. The molecule has 13 heteroatoms. The van der Waals surface area contributed by atoms with Crippen LogP contribution in [0.5, 0.6) is 0 Å². The normalized spacial score (nSPS) is 17.5. The zero-order chi connectivity index (χ0) is 32.0. The summed E-state index contributed by atoms with van der Waals surface area (Å²) in [6.45, 7) is 3.96. The average molecular weight is 613 g/mol. The number of halogens is 3. The minimum Gasteiger partial charge on any atom is -0.399 e. The fourth-order valence-electron chi connectivity index (χ4n) is 5.89. The lowest BCUT2D eigenvalue weighted by Crippen LogP contribution is -2.47. The maximum atomic E-state index is 13.6. The van der Waals surface area contributed by atoms with E-state index in [4.69, 9.17) is 21.9 Å². The lowest BCUT2D eigenvalue weighted by molar-refractivity contribution is -0.139. The smallest absolute Gasteiger partial charge is 0.399 e. The Morgan fingerprint density at radius 3 is 2.45 bits per heavy atom. The second-order valence-electron chi connectivity index (χ2n) is 11.6. The molecule has 1 aliphatic carbocycles. The number of rotatable bonds is 8. The second-order valence-corrected chi connectivity index (χ2v) is 11.6. The van der Waals surface area contributed by atoms with Crippen molar-refractivity contribution in [3.05, 3.63) is 57.3 Å². The van der Waals surface area contributed by atoms with Gasteiger partial charge in [-0.25, -0.2) is 4.79 Å². The first-order valence-corrected chi connectivity index (χ1v) is 14.4. The quantitative estimate of drug-likeness (QED) is 0.255. The molecule has 3 aromatic rings. The highest BCUT2D eigenvalue weighted by atomic mass is 19.4. The number of aromatic nitrogens is 3. The standard InChI is InChI=1S/C31H35F3N6O4/c1-5-23(19-12-20(31(32,33)34)14-21(35)13-19)37-27-22-15-25(36-24(16-41)26(22)40(17(2)3)29(43)38-27)30(44-4)8-10-39(11-9-30)28(42)18-6-7-18/h1,12-15,17-18,23,41H,6-11,16,35H2,2-4H3,(H,37,38,43)/t23-/m1/s1. The number of likely N-dealkylation sites (tertiary alicyclic amines) is 1. The van der Waals surface area contributed by atoms with Gasteiger partial charge in [0.05, 0.1) is 29.1 Å². The molecule has 2 fully saturated rings. The molecule has 0 unspecified atom stereocenters. The Morgan fingerprint density at radius 2 is 1.91 bits per heavy atom. The minimum atomic E-state index is -4.66. The van der Waals surface area contributed by atoms with Crippen LogP contribution < -0.4 is 16.7 Å². The lowest BCUT2D eigenvalue weighted by Gasteiger charge is -2.41. The number of piperidine rings is 1. The van der Waals surface area contributed by atoms with Gasteiger partial charge in [-0.3, -0.25) is 14.3 Å². The Morgan fingerprint density at radius 1 is 1.23 bits per heavy atom. The van der Waals surface area contributed by atoms with Crippen LogP contribution in [0.25, 0.3) is 10.9 Å². The van der Waals surface area contributed by atoms with Gasteiger partial charge in [-0.05, 0) is 69.4 Å². The lowest BCUT2D eigenvalue weighted by atomic mass is 9.86. The maximum Gasteiger partial charge on any atom is 0.416 e. The van der Waals surface area contributed by atoms with Crippen molar-refractivity contribution in [2.24, 2.45) is 5.92 Å². The van der Waals surface area contributed by atoms with Gasteiger partial charge in [-0.2, -0.15) is 18.2 Å². The molecule has 4 N–H and O–H groups in total. The molecule has 0 bridgehead atoms. The molecule has 0 radical (unpaired) electrons. The van der Waals surface area contributed by atoms with Crippen LogP contribution in [-0.2, 0) is 27.9 Å². The van der Waals surface area contributed by atoms with Crippen molar-refractivity contribution < 1.29 is 27.8 Å². The number of aliphatic hydroxyl groups excluding tert-OH is 1. The number of benzene rings is 1. The summed E-state index contributed by atoms with van der Waals surface area (Å²) in [4.78, 5) is 36.8. The summed E-state index contributed by atoms with van der Waals surface area (Å²) in [6.07, 6.45) is 3.83. The van der Waals surface area contributed by atoms with Crippen LogP contribution >= 0.6 is 0 Å². The van der Waals surface area contributed by atoms with Gasteiger partial charge in [0.2, 0.25) is 5.91 Å². The third kappa shape index (κ3) is 5.84. The van der Waals surface area contributed by atoms with Crippen LogP contribution in [0.3, 0.4) is 0 Å². The summed E-state index contributed by atoms with van der Waals surface area (Å²) in [7, 11) is 1.56. The molecule has 44 heavy (non-hydrogen) atoms. The number of nitrogens with two attached hydrogens (primary N) is 1. The molecule has 1 aromatic carbocycles. The number of methoxy groups -OCH3 is 1. The Labute approximate surface area is 252 Å². The number of pyridine rings is 1. The summed E-state index contributed by atoms with van der Waals surface area (Å²) < 4.78 is 48.1. The van der Waals surface area contributed by atoms with E-state index in [2.05, 4.69) is 16.2 Å². The van der Waals surface area contributed by atoms with Gasteiger partial charge in [0.1, 0.15) is 17.5 Å². The molecule has 1 amide bonds. The molecular formula is C31H35F3N6O4. The van der Waals surface area contributed by atoms with Crippen molar-refractivity contribution >= 4 is 28.3 Å². The number of anilines is 2. The fourth-order valence-corrected chi connectivity index (χ4v) is 5.89. The van der Waals surface area contributed by atoms with E-state index in [1.54, 1.807) is 27.0 Å². The Balaban J connectivity index is 1.63. The third-order valence-corrected chi connectivity index (χ3v) is 8.39. The molecule has 0 spiro atoms. The van der Waals surface area contributed by atoms with E-state index in [1.165, 1.54) is 10.6 Å². The summed E-state index contributed by atoms with van der Waals surface area (Å²) >= 11 is 0. The largest absolute Gasteiger partial charge is 0.416 e. The van der Waals surface area contributed by atoms with Crippen molar-refractivity contribution in [3.63, 3.8) is 0 Å². The van der Waals surface area contributed by atoms with Crippen LogP contribution in [0.2, 0.25) is 0 Å². The first kappa shape index (κ1) is 31.3. The predicted octanol–water partition coefficient (Wildman–Crippen LogP) is 4.13. The highest BCUT2D eigenvalue weighted by molar-refractivity contribution is 5.91. The van der Waals surface area contributed by atoms with E-state index >= 15 is 0 Å². The minimum absolute atomic E-state index is 0.00628. The summed E-state index contributed by atoms with van der Waals surface area (Å²) in [5.41, 5.74) is 4.15. The number of carbonyl (C=O) groups is 1. The van der Waals surface area contributed by atoms with E-state index in [-0.39, 0.29) is 40.6 Å². The van der Waals surface area contributed by atoms with Crippen LogP contribution in [0.4, 0.5) is 24.7 Å². The van der Waals surface area contributed by atoms with Crippen LogP contribution in [0.15, 0.2) is 29.1 Å². The molecule has 1 atom stereocenters. The van der Waals surface area contributed by atoms with Crippen LogP contribution in [-0.4, -0.2) is 50.6 Å². The Bertz CT molecular complexity index is 1680. The summed E-state index contributed by atoms with van der Waals surface area (Å²) in [5.74, 6) is 2.68. The number of amides is 1. The molecule has 3 heterocycles. The van der Waals surface area contributed by atoms with E-state index in [9.17, 15) is 27.9 Å². The van der Waals surface area contributed by atoms with E-state index < -0.39 is 35.7 Å². The number of ether oxygens (including phenoxy) is 1. The third-order valence-electron chi connectivity index (χ3n) is 8.39. The van der Waals surface area contributed by atoms with Crippen molar-refractivity contribution in [3.8, 4) is 12.3 Å². The molecule has 5 rings (SSSR count). The van der Waals surface area contributed by atoms with Gasteiger partial charge in [-0.15, -0.1) is 6.42 Å². The second kappa shape index (κ2) is 11.7. The van der Waals surface area contributed by atoms with Gasteiger partial charge in [0.15, 0.2) is 0 Å². The van der Waals surface area contributed by atoms with Crippen molar-refractivity contribution in [1.29, 1.82) is 0 Å². The number of terminal acetylenes is 1. The number of nitrogens with zero attached hydrogens (tertiary/aromatic N) is 4. The zero-order valence-electron chi connectivity index (χ0n) is 24.7. The first-order chi connectivity index (χ1) is 20.8. The Hall–Kier alpha value is -4.15. The molecule has 234 valence electrons. The maximum absolute atomic E-state index is 13.6. The summed E-state index contributed by atoms with van der Waals surface area (Å²) in [5, 5.41) is 13.8.